The van der Waals surface area contributed by atoms with Crippen LogP contribution in [0.15, 0.2) is 35.1 Å². The van der Waals surface area contributed by atoms with Gasteiger partial charge >= 0.3 is 0 Å². The van der Waals surface area contributed by atoms with Crippen LogP contribution < -0.4 is 5.32 Å². The van der Waals surface area contributed by atoms with Gasteiger partial charge in [0.1, 0.15) is 0 Å². The van der Waals surface area contributed by atoms with Gasteiger partial charge in [-0.3, -0.25) is 9.59 Å². The molecule has 4 aliphatic rings. The van der Waals surface area contributed by atoms with E-state index in [1.165, 1.54) is 36.8 Å². The van der Waals surface area contributed by atoms with Crippen molar-refractivity contribution in [2.45, 2.75) is 66.2 Å². The molecule has 3 fully saturated rings. The average molecular weight is 354 g/mol. The fourth-order valence-corrected chi connectivity index (χ4v) is 6.97. The molecular formula is C23H31NO2. The van der Waals surface area contributed by atoms with E-state index in [4.69, 9.17) is 0 Å². The minimum atomic E-state index is 0.0349. The highest BCUT2D eigenvalue weighted by atomic mass is 16.1. The normalized spacial score (nSPS) is 43.2. The largest absolute Gasteiger partial charge is 0.330 e. The molecule has 140 valence electrons. The third-order valence-corrected chi connectivity index (χ3v) is 8.16. The predicted molar refractivity (Wildman–Crippen MR) is 103 cm³/mol. The maximum absolute atomic E-state index is 11.9. The van der Waals surface area contributed by atoms with Crippen LogP contribution >= 0.6 is 0 Å². The maximum Gasteiger partial charge on any atom is 0.220 e. The molecule has 0 aromatic rings. The number of fused-ring (bicyclic) bond motifs is 5. The van der Waals surface area contributed by atoms with Gasteiger partial charge in [-0.05, 0) is 86.3 Å². The molecule has 4 rings (SSSR count). The minimum Gasteiger partial charge on any atom is -0.330 e. The first-order valence-electron chi connectivity index (χ1n) is 10.2. The van der Waals surface area contributed by atoms with Crippen LogP contribution in [0.3, 0.4) is 0 Å². The summed E-state index contributed by atoms with van der Waals surface area (Å²) in [5.41, 5.74) is 4.22. The summed E-state index contributed by atoms with van der Waals surface area (Å²) in [6.07, 6.45) is 12.9. The van der Waals surface area contributed by atoms with E-state index >= 15 is 0 Å². The molecule has 0 bridgehead atoms. The number of nitrogens with one attached hydrogen (secondary N) is 1. The van der Waals surface area contributed by atoms with E-state index in [0.29, 0.717) is 11.8 Å². The number of carbonyl (C=O) groups is 2. The SMILES string of the molecule is CC(=O)N/C(C)=C1/CC[C@H]2[C@@H]3CCC4=CC(=O)C=C[C@]4(C)[C@H]3CC[C@]12C. The third kappa shape index (κ3) is 2.46. The van der Waals surface area contributed by atoms with E-state index in [0.717, 1.165) is 24.5 Å². The zero-order valence-electron chi connectivity index (χ0n) is 16.5. The van der Waals surface area contributed by atoms with Gasteiger partial charge in [0.25, 0.3) is 0 Å². The Balaban J connectivity index is 1.66. The highest BCUT2D eigenvalue weighted by Gasteiger charge is 2.57. The second-order valence-corrected chi connectivity index (χ2v) is 9.38. The van der Waals surface area contributed by atoms with Gasteiger partial charge in [0.15, 0.2) is 5.78 Å². The zero-order chi connectivity index (χ0) is 18.7. The van der Waals surface area contributed by atoms with Crippen molar-refractivity contribution in [3.63, 3.8) is 0 Å². The Morgan fingerprint density at radius 3 is 2.62 bits per heavy atom. The van der Waals surface area contributed by atoms with Gasteiger partial charge in [-0.1, -0.05) is 25.5 Å². The number of ketones is 1. The second kappa shape index (κ2) is 5.94. The summed E-state index contributed by atoms with van der Waals surface area (Å²) in [4.78, 5) is 23.4. The van der Waals surface area contributed by atoms with E-state index in [2.05, 4.69) is 32.2 Å². The monoisotopic (exact) mass is 353 g/mol. The molecule has 0 spiro atoms. The van der Waals surface area contributed by atoms with E-state index in [9.17, 15) is 9.59 Å². The Bertz CT molecular complexity index is 758. The van der Waals surface area contributed by atoms with E-state index in [1.54, 1.807) is 13.0 Å². The topological polar surface area (TPSA) is 46.2 Å². The lowest BCUT2D eigenvalue weighted by Gasteiger charge is -2.56. The molecule has 3 saturated carbocycles. The fraction of sp³-hybridized carbons (Fsp3) is 0.652. The molecule has 0 saturated heterocycles. The van der Waals surface area contributed by atoms with Crippen molar-refractivity contribution in [2.24, 2.45) is 28.6 Å². The summed E-state index contributed by atoms with van der Waals surface area (Å²) in [7, 11) is 0. The molecule has 0 radical (unpaired) electrons. The Kier molecular flexibility index (Phi) is 4.05. The lowest BCUT2D eigenvalue weighted by atomic mass is 9.48. The first-order chi connectivity index (χ1) is 12.3. The van der Waals surface area contributed by atoms with Crippen LogP contribution in [0.5, 0.6) is 0 Å². The molecule has 0 aliphatic heterocycles. The van der Waals surface area contributed by atoms with E-state index < -0.39 is 0 Å². The molecule has 3 heteroatoms. The van der Waals surface area contributed by atoms with Gasteiger partial charge in [-0.2, -0.15) is 0 Å². The summed E-state index contributed by atoms with van der Waals surface area (Å²) in [6.45, 7) is 8.47. The standard InChI is InChI=1S/C23H31NO2/c1-14(24-15(2)25)19-7-8-20-18-6-5-16-13-17(26)9-11-22(16,3)21(18)10-12-23(19,20)4/h9,11,13,18,20-21H,5-8,10,12H2,1-4H3,(H,24,25)/b19-14-/t18-,20-,21-,22-,23+/m0/s1. The van der Waals surface area contributed by atoms with Crippen molar-refractivity contribution in [3.05, 3.63) is 35.1 Å². The lowest BCUT2D eigenvalue weighted by Crippen LogP contribution is -2.48. The van der Waals surface area contributed by atoms with Crippen molar-refractivity contribution in [1.29, 1.82) is 0 Å². The summed E-state index contributed by atoms with van der Waals surface area (Å²) in [5.74, 6) is 2.26. The Morgan fingerprint density at radius 1 is 1.12 bits per heavy atom. The lowest BCUT2D eigenvalue weighted by molar-refractivity contribution is -0.118. The van der Waals surface area contributed by atoms with Gasteiger partial charge in [0, 0.05) is 18.0 Å². The third-order valence-electron chi connectivity index (χ3n) is 8.16. The molecule has 3 nitrogen and oxygen atoms in total. The van der Waals surface area contributed by atoms with Gasteiger partial charge in [-0.25, -0.2) is 0 Å². The van der Waals surface area contributed by atoms with Crippen LogP contribution in [0.1, 0.15) is 66.2 Å². The van der Waals surface area contributed by atoms with Gasteiger partial charge in [0.2, 0.25) is 5.91 Å². The van der Waals surface area contributed by atoms with Gasteiger partial charge < -0.3 is 5.32 Å². The Hall–Kier alpha value is -1.64. The molecule has 5 atom stereocenters. The smallest absolute Gasteiger partial charge is 0.220 e. The highest BCUT2D eigenvalue weighted by Crippen LogP contribution is 2.66. The van der Waals surface area contributed by atoms with Crippen LogP contribution in [0.25, 0.3) is 0 Å². The van der Waals surface area contributed by atoms with E-state index in [-0.39, 0.29) is 22.5 Å². The number of allylic oxidation sites excluding steroid dienone is 6. The molecule has 1 N–H and O–H groups in total. The quantitative estimate of drug-likeness (QED) is 0.742. The maximum atomic E-state index is 11.9. The fourth-order valence-electron chi connectivity index (χ4n) is 6.97. The molecule has 4 aliphatic carbocycles. The number of hydrogen-bond donors (Lipinski definition) is 1. The summed E-state index contributed by atoms with van der Waals surface area (Å²) < 4.78 is 0. The highest BCUT2D eigenvalue weighted by molar-refractivity contribution is 6.01. The van der Waals surface area contributed by atoms with Crippen molar-refractivity contribution in [1.82, 2.24) is 5.32 Å². The summed E-state index contributed by atoms with van der Waals surface area (Å²) >= 11 is 0. The van der Waals surface area contributed by atoms with E-state index in [1.807, 2.05) is 6.08 Å². The number of hydrogen-bond acceptors (Lipinski definition) is 2. The number of rotatable bonds is 1. The van der Waals surface area contributed by atoms with Gasteiger partial charge in [0.05, 0.1) is 0 Å². The van der Waals surface area contributed by atoms with Crippen molar-refractivity contribution >= 4 is 11.7 Å². The van der Waals surface area contributed by atoms with Crippen LogP contribution in [0, 0.1) is 28.6 Å². The number of amides is 1. The summed E-state index contributed by atoms with van der Waals surface area (Å²) in [6, 6.07) is 0. The molecule has 0 heterocycles. The Labute approximate surface area is 157 Å². The van der Waals surface area contributed by atoms with Crippen LogP contribution in [-0.2, 0) is 9.59 Å². The molecule has 0 aromatic heterocycles. The molecule has 1 amide bonds. The van der Waals surface area contributed by atoms with Crippen molar-refractivity contribution in [3.8, 4) is 0 Å². The second-order valence-electron chi connectivity index (χ2n) is 9.38. The number of carbonyl (C=O) groups excluding carboxylic acids is 2. The zero-order valence-corrected chi connectivity index (χ0v) is 16.5. The first-order valence-corrected chi connectivity index (χ1v) is 10.2. The molecule has 0 aromatic carbocycles. The van der Waals surface area contributed by atoms with Crippen LogP contribution in [-0.4, -0.2) is 11.7 Å². The minimum absolute atomic E-state index is 0.0349. The van der Waals surface area contributed by atoms with Gasteiger partial charge in [-0.15, -0.1) is 0 Å². The van der Waals surface area contributed by atoms with Crippen LogP contribution in [0.4, 0.5) is 0 Å². The average Bonchev–Trinajstić information content (AvgIpc) is 2.92. The Morgan fingerprint density at radius 2 is 1.88 bits per heavy atom. The molecule has 0 unspecified atom stereocenters. The summed E-state index contributed by atoms with van der Waals surface area (Å²) in [5, 5.41) is 3.06. The predicted octanol–water partition coefficient (Wildman–Crippen LogP) is 4.70. The first kappa shape index (κ1) is 17.8. The van der Waals surface area contributed by atoms with Crippen molar-refractivity contribution in [2.75, 3.05) is 0 Å². The van der Waals surface area contributed by atoms with Crippen LogP contribution in [0.2, 0.25) is 0 Å². The van der Waals surface area contributed by atoms with Crippen molar-refractivity contribution < 1.29 is 9.59 Å². The molecular weight excluding hydrogens is 322 g/mol. The molecule has 26 heavy (non-hydrogen) atoms.